The SMILES string of the molecule is CC(=O)CC1=CCCC=C1. The lowest BCUT2D eigenvalue weighted by molar-refractivity contribution is -0.116. The predicted octanol–water partition coefficient (Wildman–Crippen LogP) is 2.24. The number of carbonyl (C=O) groups is 1. The number of allylic oxidation sites excluding steroid dienone is 4. The van der Waals surface area contributed by atoms with E-state index in [1.807, 2.05) is 6.08 Å². The molecule has 10 heavy (non-hydrogen) atoms. The number of hydrogen-bond donors (Lipinski definition) is 0. The van der Waals surface area contributed by atoms with Crippen molar-refractivity contribution in [2.45, 2.75) is 26.2 Å². The third-order valence-electron chi connectivity index (χ3n) is 1.52. The molecule has 1 heteroatoms. The van der Waals surface area contributed by atoms with Crippen molar-refractivity contribution in [3.8, 4) is 0 Å². The highest BCUT2D eigenvalue weighted by Crippen LogP contribution is 2.12. The average molecular weight is 136 g/mol. The average Bonchev–Trinajstić information content (AvgIpc) is 1.88. The summed E-state index contributed by atoms with van der Waals surface area (Å²) in [6.07, 6.45) is 9.14. The Balaban J connectivity index is 2.48. The Morgan fingerprint density at radius 2 is 2.40 bits per heavy atom. The van der Waals surface area contributed by atoms with E-state index in [1.54, 1.807) is 6.92 Å². The number of carbonyl (C=O) groups excluding carboxylic acids is 1. The van der Waals surface area contributed by atoms with Gasteiger partial charge in [0.05, 0.1) is 0 Å². The van der Waals surface area contributed by atoms with Crippen LogP contribution in [0.5, 0.6) is 0 Å². The van der Waals surface area contributed by atoms with Crippen molar-refractivity contribution in [3.05, 3.63) is 23.8 Å². The molecule has 0 spiro atoms. The van der Waals surface area contributed by atoms with E-state index in [2.05, 4.69) is 12.2 Å². The Labute approximate surface area is 61.4 Å². The van der Waals surface area contributed by atoms with Crippen LogP contribution in [-0.2, 0) is 4.79 Å². The lowest BCUT2D eigenvalue weighted by Gasteiger charge is -2.02. The van der Waals surface area contributed by atoms with E-state index in [1.165, 1.54) is 5.57 Å². The van der Waals surface area contributed by atoms with Gasteiger partial charge in [-0.2, -0.15) is 0 Å². The van der Waals surface area contributed by atoms with Crippen LogP contribution < -0.4 is 0 Å². The second-order valence-corrected chi connectivity index (χ2v) is 2.64. The Morgan fingerprint density at radius 3 is 2.90 bits per heavy atom. The summed E-state index contributed by atoms with van der Waals surface area (Å²) >= 11 is 0. The van der Waals surface area contributed by atoms with Crippen molar-refractivity contribution in [2.75, 3.05) is 0 Å². The molecule has 0 atom stereocenters. The monoisotopic (exact) mass is 136 g/mol. The van der Waals surface area contributed by atoms with Crippen molar-refractivity contribution >= 4 is 5.78 Å². The van der Waals surface area contributed by atoms with Gasteiger partial charge in [0.1, 0.15) is 5.78 Å². The van der Waals surface area contributed by atoms with E-state index < -0.39 is 0 Å². The molecule has 0 radical (unpaired) electrons. The third kappa shape index (κ3) is 2.18. The fourth-order valence-corrected chi connectivity index (χ4v) is 1.09. The van der Waals surface area contributed by atoms with Gasteiger partial charge in [0.2, 0.25) is 0 Å². The van der Waals surface area contributed by atoms with Crippen LogP contribution in [0, 0.1) is 0 Å². The van der Waals surface area contributed by atoms with E-state index in [9.17, 15) is 4.79 Å². The summed E-state index contributed by atoms with van der Waals surface area (Å²) in [5, 5.41) is 0. The molecule has 0 N–H and O–H groups in total. The fraction of sp³-hybridized carbons (Fsp3) is 0.444. The van der Waals surface area contributed by atoms with Gasteiger partial charge in [0.15, 0.2) is 0 Å². The smallest absolute Gasteiger partial charge is 0.134 e. The highest BCUT2D eigenvalue weighted by molar-refractivity contribution is 5.78. The molecule has 1 nitrogen and oxygen atoms in total. The fourth-order valence-electron chi connectivity index (χ4n) is 1.09. The topological polar surface area (TPSA) is 17.1 Å². The first-order chi connectivity index (χ1) is 4.79. The van der Waals surface area contributed by atoms with Gasteiger partial charge in [-0.3, -0.25) is 4.79 Å². The highest BCUT2D eigenvalue weighted by Gasteiger charge is 1.99. The zero-order valence-electron chi connectivity index (χ0n) is 6.26. The van der Waals surface area contributed by atoms with E-state index in [0.717, 1.165) is 12.8 Å². The van der Waals surface area contributed by atoms with Crippen LogP contribution in [0.3, 0.4) is 0 Å². The maximum Gasteiger partial charge on any atom is 0.134 e. The molecule has 1 rings (SSSR count). The van der Waals surface area contributed by atoms with E-state index in [4.69, 9.17) is 0 Å². The molecule has 0 heterocycles. The maximum absolute atomic E-state index is 10.6. The molecule has 54 valence electrons. The summed E-state index contributed by atoms with van der Waals surface area (Å²) in [7, 11) is 0. The van der Waals surface area contributed by atoms with Gasteiger partial charge in [-0.05, 0) is 25.3 Å². The minimum atomic E-state index is 0.248. The van der Waals surface area contributed by atoms with E-state index in [-0.39, 0.29) is 5.78 Å². The normalized spacial score (nSPS) is 16.7. The molecule has 0 unspecified atom stereocenters. The highest BCUT2D eigenvalue weighted by atomic mass is 16.1. The van der Waals surface area contributed by atoms with Crippen LogP contribution in [-0.4, -0.2) is 5.78 Å². The van der Waals surface area contributed by atoms with Crippen molar-refractivity contribution in [1.82, 2.24) is 0 Å². The number of hydrogen-bond acceptors (Lipinski definition) is 1. The minimum absolute atomic E-state index is 0.248. The molecule has 0 aliphatic heterocycles. The second kappa shape index (κ2) is 3.35. The molecular weight excluding hydrogens is 124 g/mol. The number of rotatable bonds is 2. The van der Waals surface area contributed by atoms with Crippen LogP contribution in [0.25, 0.3) is 0 Å². The number of Topliss-reactive ketones (excluding diaryl/α,β-unsaturated/α-hetero) is 1. The van der Waals surface area contributed by atoms with E-state index >= 15 is 0 Å². The standard InChI is InChI=1S/C9H12O/c1-8(10)7-9-5-3-2-4-6-9/h3,5-6H,2,4,7H2,1H3. The van der Waals surface area contributed by atoms with Gasteiger partial charge < -0.3 is 0 Å². The summed E-state index contributed by atoms with van der Waals surface area (Å²) in [6.45, 7) is 1.63. The van der Waals surface area contributed by atoms with Crippen molar-refractivity contribution in [2.24, 2.45) is 0 Å². The summed E-state index contributed by atoms with van der Waals surface area (Å²) in [5.41, 5.74) is 1.18. The Bertz CT molecular complexity index is 187. The molecule has 0 aromatic carbocycles. The quantitative estimate of drug-likeness (QED) is 0.569. The lowest BCUT2D eigenvalue weighted by Crippen LogP contribution is -1.93. The zero-order valence-corrected chi connectivity index (χ0v) is 6.26. The third-order valence-corrected chi connectivity index (χ3v) is 1.52. The second-order valence-electron chi connectivity index (χ2n) is 2.64. The van der Waals surface area contributed by atoms with E-state index in [0.29, 0.717) is 6.42 Å². The summed E-state index contributed by atoms with van der Waals surface area (Å²) in [5.74, 6) is 0.248. The first-order valence-electron chi connectivity index (χ1n) is 3.64. The van der Waals surface area contributed by atoms with Gasteiger partial charge >= 0.3 is 0 Å². The predicted molar refractivity (Wildman–Crippen MR) is 41.8 cm³/mol. The molecule has 0 aromatic heterocycles. The first kappa shape index (κ1) is 7.26. The van der Waals surface area contributed by atoms with Crippen LogP contribution in [0.2, 0.25) is 0 Å². The first-order valence-corrected chi connectivity index (χ1v) is 3.64. The van der Waals surface area contributed by atoms with Crippen molar-refractivity contribution in [1.29, 1.82) is 0 Å². The van der Waals surface area contributed by atoms with Crippen LogP contribution in [0.4, 0.5) is 0 Å². The Kier molecular flexibility index (Phi) is 2.43. The van der Waals surface area contributed by atoms with Crippen LogP contribution in [0.1, 0.15) is 26.2 Å². The van der Waals surface area contributed by atoms with Gasteiger partial charge in [-0.15, -0.1) is 0 Å². The Morgan fingerprint density at radius 1 is 1.60 bits per heavy atom. The molecule has 1 aliphatic rings. The molecule has 1 aliphatic carbocycles. The Hall–Kier alpha value is -0.850. The molecule has 0 fully saturated rings. The van der Waals surface area contributed by atoms with Gasteiger partial charge in [-0.25, -0.2) is 0 Å². The van der Waals surface area contributed by atoms with Gasteiger partial charge in [-0.1, -0.05) is 18.2 Å². The number of ketones is 1. The molecule has 0 saturated heterocycles. The van der Waals surface area contributed by atoms with Crippen molar-refractivity contribution < 1.29 is 4.79 Å². The van der Waals surface area contributed by atoms with Gasteiger partial charge in [0, 0.05) is 6.42 Å². The molecule has 0 bridgehead atoms. The zero-order chi connectivity index (χ0) is 7.40. The largest absolute Gasteiger partial charge is 0.300 e. The van der Waals surface area contributed by atoms with Crippen LogP contribution in [0.15, 0.2) is 23.8 Å². The molecular formula is C9H12O. The summed E-state index contributed by atoms with van der Waals surface area (Å²) < 4.78 is 0. The lowest BCUT2D eigenvalue weighted by atomic mass is 10.0. The summed E-state index contributed by atoms with van der Waals surface area (Å²) in [6, 6.07) is 0. The van der Waals surface area contributed by atoms with Crippen molar-refractivity contribution in [3.63, 3.8) is 0 Å². The maximum atomic E-state index is 10.6. The van der Waals surface area contributed by atoms with Crippen LogP contribution >= 0.6 is 0 Å². The summed E-state index contributed by atoms with van der Waals surface area (Å²) in [4.78, 5) is 10.6. The molecule has 0 amide bonds. The molecule has 0 aromatic rings. The van der Waals surface area contributed by atoms with Gasteiger partial charge in [0.25, 0.3) is 0 Å². The molecule has 0 saturated carbocycles. The minimum Gasteiger partial charge on any atom is -0.300 e.